The second kappa shape index (κ2) is 6.14. The van der Waals surface area contributed by atoms with E-state index in [1.807, 2.05) is 57.2 Å². The van der Waals surface area contributed by atoms with E-state index in [1.165, 1.54) is 0 Å². The summed E-state index contributed by atoms with van der Waals surface area (Å²) in [6.07, 6.45) is 0. The number of benzene rings is 2. The molecule has 0 aliphatic rings. The van der Waals surface area contributed by atoms with Gasteiger partial charge in [0.2, 0.25) is 0 Å². The van der Waals surface area contributed by atoms with Crippen molar-refractivity contribution in [1.29, 1.82) is 0 Å². The van der Waals surface area contributed by atoms with Crippen LogP contribution in [0.25, 0.3) is 0 Å². The first-order valence-electron chi connectivity index (χ1n) is 6.53. The number of Topliss-reactive ketones (excluding diaryl/α,β-unsaturated/α-hetero) is 1. The molecule has 2 rings (SSSR count). The highest BCUT2D eigenvalue weighted by molar-refractivity contribution is 7.85. The first-order chi connectivity index (χ1) is 9.47. The summed E-state index contributed by atoms with van der Waals surface area (Å²) >= 11 is 0. The molecular weight excluding hydrogens is 268 g/mol. The van der Waals surface area contributed by atoms with Gasteiger partial charge in [-0.05, 0) is 50.1 Å². The monoisotopic (exact) mass is 286 g/mol. The van der Waals surface area contributed by atoms with Crippen molar-refractivity contribution in [2.75, 3.05) is 5.75 Å². The van der Waals surface area contributed by atoms with Gasteiger partial charge >= 0.3 is 0 Å². The molecule has 0 radical (unpaired) electrons. The van der Waals surface area contributed by atoms with E-state index in [2.05, 4.69) is 0 Å². The van der Waals surface area contributed by atoms with E-state index in [0.717, 1.165) is 16.7 Å². The molecule has 0 aliphatic heterocycles. The number of hydrogen-bond acceptors (Lipinski definition) is 2. The summed E-state index contributed by atoms with van der Waals surface area (Å²) in [4.78, 5) is 13.0. The Labute approximate surface area is 122 Å². The van der Waals surface area contributed by atoms with Gasteiger partial charge in [0.25, 0.3) is 0 Å². The Morgan fingerprint density at radius 3 is 2.40 bits per heavy atom. The summed E-state index contributed by atoms with van der Waals surface area (Å²) in [7, 11) is -1.29. The highest BCUT2D eigenvalue weighted by Gasteiger charge is 2.14. The van der Waals surface area contributed by atoms with Gasteiger partial charge in [-0.15, -0.1) is 0 Å². The minimum Gasteiger partial charge on any atom is -0.293 e. The van der Waals surface area contributed by atoms with Crippen molar-refractivity contribution in [2.45, 2.75) is 25.7 Å². The predicted molar refractivity (Wildman–Crippen MR) is 82.7 cm³/mol. The summed E-state index contributed by atoms with van der Waals surface area (Å²) in [6.45, 7) is 5.81. The largest absolute Gasteiger partial charge is 0.293 e. The van der Waals surface area contributed by atoms with Gasteiger partial charge in [0.15, 0.2) is 5.78 Å². The Morgan fingerprint density at radius 2 is 1.70 bits per heavy atom. The highest BCUT2D eigenvalue weighted by Crippen LogP contribution is 2.15. The quantitative estimate of drug-likeness (QED) is 0.805. The Kier molecular flexibility index (Phi) is 4.50. The number of ketones is 1. The van der Waals surface area contributed by atoms with Crippen LogP contribution >= 0.6 is 0 Å². The molecule has 1 unspecified atom stereocenters. The molecule has 104 valence electrons. The van der Waals surface area contributed by atoms with Crippen LogP contribution in [0.5, 0.6) is 0 Å². The molecule has 1 atom stereocenters. The molecule has 0 aliphatic carbocycles. The SMILES string of the molecule is Cc1cccc(S(=O)CC(=O)c2cc(C)ccc2C)c1. The maximum Gasteiger partial charge on any atom is 0.175 e. The molecule has 2 nitrogen and oxygen atoms in total. The van der Waals surface area contributed by atoms with Crippen LogP contribution in [-0.4, -0.2) is 15.7 Å². The van der Waals surface area contributed by atoms with Crippen LogP contribution in [0.3, 0.4) is 0 Å². The fourth-order valence-electron chi connectivity index (χ4n) is 2.07. The second-order valence-corrected chi connectivity index (χ2v) is 6.50. The molecule has 0 spiro atoms. The van der Waals surface area contributed by atoms with Gasteiger partial charge in [0, 0.05) is 10.5 Å². The number of aryl methyl sites for hydroxylation is 3. The predicted octanol–water partition coefficient (Wildman–Crippen LogP) is 3.60. The highest BCUT2D eigenvalue weighted by atomic mass is 32.2. The van der Waals surface area contributed by atoms with Gasteiger partial charge in [0.05, 0.1) is 16.6 Å². The molecule has 3 heteroatoms. The smallest absolute Gasteiger partial charge is 0.175 e. The third-order valence-corrected chi connectivity index (χ3v) is 4.51. The van der Waals surface area contributed by atoms with E-state index in [1.54, 1.807) is 6.07 Å². The van der Waals surface area contributed by atoms with Crippen LogP contribution in [-0.2, 0) is 10.8 Å². The Balaban J connectivity index is 2.19. The van der Waals surface area contributed by atoms with E-state index in [0.29, 0.717) is 10.5 Å². The number of rotatable bonds is 4. The normalized spacial score (nSPS) is 12.2. The van der Waals surface area contributed by atoms with Gasteiger partial charge in [-0.1, -0.05) is 29.8 Å². The molecular formula is C17H18O2S. The summed E-state index contributed by atoms with van der Waals surface area (Å²) in [5, 5.41) is 0. The van der Waals surface area contributed by atoms with Gasteiger partial charge in [-0.25, -0.2) is 0 Å². The van der Waals surface area contributed by atoms with Crippen LogP contribution in [0.4, 0.5) is 0 Å². The lowest BCUT2D eigenvalue weighted by molar-refractivity contribution is 0.102. The average Bonchev–Trinajstić information content (AvgIpc) is 2.41. The number of carbonyl (C=O) groups is 1. The van der Waals surface area contributed by atoms with E-state index >= 15 is 0 Å². The van der Waals surface area contributed by atoms with Crippen molar-refractivity contribution >= 4 is 16.6 Å². The maximum atomic E-state index is 12.3. The molecule has 0 aromatic heterocycles. The van der Waals surface area contributed by atoms with Gasteiger partial charge < -0.3 is 0 Å². The van der Waals surface area contributed by atoms with Crippen molar-refractivity contribution in [3.63, 3.8) is 0 Å². The third kappa shape index (κ3) is 3.42. The van der Waals surface area contributed by atoms with Crippen molar-refractivity contribution in [1.82, 2.24) is 0 Å². The molecule has 0 heterocycles. The van der Waals surface area contributed by atoms with Crippen molar-refractivity contribution in [3.05, 3.63) is 64.7 Å². The maximum absolute atomic E-state index is 12.3. The molecule has 0 N–H and O–H groups in total. The molecule has 0 bridgehead atoms. The van der Waals surface area contributed by atoms with Crippen molar-refractivity contribution < 1.29 is 9.00 Å². The minimum absolute atomic E-state index is 0.0355. The van der Waals surface area contributed by atoms with Crippen LogP contribution in [0.1, 0.15) is 27.0 Å². The van der Waals surface area contributed by atoms with E-state index in [-0.39, 0.29) is 11.5 Å². The van der Waals surface area contributed by atoms with Crippen LogP contribution < -0.4 is 0 Å². The number of hydrogen-bond donors (Lipinski definition) is 0. The van der Waals surface area contributed by atoms with E-state index in [9.17, 15) is 9.00 Å². The lowest BCUT2D eigenvalue weighted by Crippen LogP contribution is -2.12. The molecule has 2 aromatic carbocycles. The molecule has 20 heavy (non-hydrogen) atoms. The Hall–Kier alpha value is -1.74. The lowest BCUT2D eigenvalue weighted by atomic mass is 10.0. The Bertz CT molecular complexity index is 674. The van der Waals surface area contributed by atoms with Gasteiger partial charge in [-0.3, -0.25) is 9.00 Å². The standard InChI is InChI=1S/C17H18O2S/c1-12-5-4-6-15(9-12)20(19)11-17(18)16-10-13(2)7-8-14(16)3/h4-10H,11H2,1-3H3. The van der Waals surface area contributed by atoms with E-state index in [4.69, 9.17) is 0 Å². The second-order valence-electron chi connectivity index (χ2n) is 5.05. The topological polar surface area (TPSA) is 34.1 Å². The molecule has 2 aromatic rings. The zero-order chi connectivity index (χ0) is 14.7. The summed E-state index contributed by atoms with van der Waals surface area (Å²) in [5.74, 6) is -0.0284. The zero-order valence-electron chi connectivity index (χ0n) is 12.0. The summed E-state index contributed by atoms with van der Waals surface area (Å²) in [6, 6.07) is 13.3. The van der Waals surface area contributed by atoms with Crippen LogP contribution in [0, 0.1) is 20.8 Å². The van der Waals surface area contributed by atoms with Crippen LogP contribution in [0.2, 0.25) is 0 Å². The van der Waals surface area contributed by atoms with E-state index < -0.39 is 10.8 Å². The van der Waals surface area contributed by atoms with Crippen molar-refractivity contribution in [2.24, 2.45) is 0 Å². The molecule has 0 amide bonds. The lowest BCUT2D eigenvalue weighted by Gasteiger charge is -2.07. The molecule has 0 fully saturated rings. The average molecular weight is 286 g/mol. The Morgan fingerprint density at radius 1 is 1.00 bits per heavy atom. The first kappa shape index (κ1) is 14.7. The molecule has 0 saturated carbocycles. The minimum atomic E-state index is -1.29. The first-order valence-corrected chi connectivity index (χ1v) is 7.85. The third-order valence-electron chi connectivity index (χ3n) is 3.21. The molecule has 0 saturated heterocycles. The summed E-state index contributed by atoms with van der Waals surface area (Å²) < 4.78 is 12.3. The fourth-order valence-corrected chi connectivity index (χ4v) is 3.18. The fraction of sp³-hybridized carbons (Fsp3) is 0.235. The number of carbonyl (C=O) groups excluding carboxylic acids is 1. The van der Waals surface area contributed by atoms with Gasteiger partial charge in [0.1, 0.15) is 0 Å². The van der Waals surface area contributed by atoms with Crippen LogP contribution in [0.15, 0.2) is 47.4 Å². The van der Waals surface area contributed by atoms with Crippen molar-refractivity contribution in [3.8, 4) is 0 Å². The van der Waals surface area contributed by atoms with Gasteiger partial charge in [-0.2, -0.15) is 0 Å². The zero-order valence-corrected chi connectivity index (χ0v) is 12.8. The summed E-state index contributed by atoms with van der Waals surface area (Å²) in [5.41, 5.74) is 3.70.